The van der Waals surface area contributed by atoms with Crippen LogP contribution in [0.15, 0.2) is 6.20 Å². The molecule has 0 saturated heterocycles. The Hall–Kier alpha value is -1.23. The largest absolute Gasteiger partial charge is 0.284 e. The molecule has 14 heavy (non-hydrogen) atoms. The van der Waals surface area contributed by atoms with E-state index in [1.807, 2.05) is 6.20 Å². The highest BCUT2D eigenvalue weighted by atomic mass is 15.1. The van der Waals surface area contributed by atoms with Gasteiger partial charge in [0.1, 0.15) is 5.69 Å². The van der Waals surface area contributed by atoms with E-state index in [9.17, 15) is 0 Å². The highest BCUT2D eigenvalue weighted by Crippen LogP contribution is 2.10. The second-order valence-electron chi connectivity index (χ2n) is 3.57. The third kappa shape index (κ3) is 3.26. The zero-order valence-corrected chi connectivity index (χ0v) is 8.84. The molecule has 0 aliphatic rings. The van der Waals surface area contributed by atoms with Crippen molar-refractivity contribution in [1.29, 1.82) is 0 Å². The summed E-state index contributed by atoms with van der Waals surface area (Å²) < 4.78 is 0. The van der Waals surface area contributed by atoms with Crippen molar-refractivity contribution in [2.75, 3.05) is 0 Å². The van der Waals surface area contributed by atoms with Gasteiger partial charge < -0.3 is 0 Å². The third-order valence-electron chi connectivity index (χ3n) is 2.41. The number of aromatic amines is 1. The number of H-pyrrole nitrogens is 1. The first-order valence-corrected chi connectivity index (χ1v) is 5.37. The van der Waals surface area contributed by atoms with Crippen molar-refractivity contribution < 1.29 is 0 Å². The summed E-state index contributed by atoms with van der Waals surface area (Å²) in [6, 6.07) is 0. The summed E-state index contributed by atoms with van der Waals surface area (Å²) in [4.78, 5) is 0. The van der Waals surface area contributed by atoms with Gasteiger partial charge in [-0.2, -0.15) is 5.10 Å². The topological polar surface area (TPSA) is 28.7 Å². The molecule has 0 atom stereocenters. The standard InChI is InChI=1S/C12H18N2/c1-3-5-6-7-8-9-11-10-13-14-12(11)4-2/h2,10H,3,5-9H2,1H3,(H,13,14). The van der Waals surface area contributed by atoms with Crippen LogP contribution in [-0.4, -0.2) is 10.2 Å². The average molecular weight is 190 g/mol. The molecule has 0 bridgehead atoms. The van der Waals surface area contributed by atoms with E-state index in [0.29, 0.717) is 0 Å². The van der Waals surface area contributed by atoms with Crippen molar-refractivity contribution in [3.05, 3.63) is 17.5 Å². The van der Waals surface area contributed by atoms with Crippen molar-refractivity contribution in [2.24, 2.45) is 0 Å². The number of aromatic nitrogens is 2. The number of nitrogens with one attached hydrogen (secondary N) is 1. The molecule has 0 saturated carbocycles. The first-order chi connectivity index (χ1) is 6.88. The Morgan fingerprint density at radius 1 is 1.36 bits per heavy atom. The molecule has 2 nitrogen and oxygen atoms in total. The first-order valence-electron chi connectivity index (χ1n) is 5.37. The van der Waals surface area contributed by atoms with Crippen LogP contribution in [-0.2, 0) is 6.42 Å². The lowest BCUT2D eigenvalue weighted by Gasteiger charge is -1.98. The molecule has 0 spiro atoms. The first kappa shape index (κ1) is 10.8. The van der Waals surface area contributed by atoms with Crippen LogP contribution in [0.2, 0.25) is 0 Å². The van der Waals surface area contributed by atoms with Crippen LogP contribution < -0.4 is 0 Å². The number of nitrogens with zero attached hydrogens (tertiary/aromatic N) is 1. The molecule has 1 rings (SSSR count). The van der Waals surface area contributed by atoms with Crippen LogP contribution in [0.4, 0.5) is 0 Å². The summed E-state index contributed by atoms with van der Waals surface area (Å²) in [6.45, 7) is 2.23. The molecule has 0 radical (unpaired) electrons. The van der Waals surface area contributed by atoms with Gasteiger partial charge in [-0.05, 0) is 18.8 Å². The van der Waals surface area contributed by atoms with Crippen molar-refractivity contribution in [3.8, 4) is 12.3 Å². The highest BCUT2D eigenvalue weighted by Gasteiger charge is 2.01. The summed E-state index contributed by atoms with van der Waals surface area (Å²) in [5, 5.41) is 6.80. The molecule has 1 heterocycles. The Morgan fingerprint density at radius 2 is 2.14 bits per heavy atom. The zero-order chi connectivity index (χ0) is 10.2. The van der Waals surface area contributed by atoms with Crippen LogP contribution in [0.1, 0.15) is 50.3 Å². The number of rotatable bonds is 6. The van der Waals surface area contributed by atoms with E-state index in [2.05, 4.69) is 23.0 Å². The van der Waals surface area contributed by atoms with E-state index in [4.69, 9.17) is 6.42 Å². The quantitative estimate of drug-likeness (QED) is 0.542. The maximum atomic E-state index is 5.31. The fourth-order valence-corrected chi connectivity index (χ4v) is 1.55. The van der Waals surface area contributed by atoms with Crippen molar-refractivity contribution in [3.63, 3.8) is 0 Å². The van der Waals surface area contributed by atoms with E-state index in [1.165, 1.54) is 37.7 Å². The number of terminal acetylenes is 1. The summed E-state index contributed by atoms with van der Waals surface area (Å²) in [6.07, 6.45) is 14.8. The third-order valence-corrected chi connectivity index (χ3v) is 2.41. The fraction of sp³-hybridized carbons (Fsp3) is 0.583. The molecule has 0 aliphatic carbocycles. The van der Waals surface area contributed by atoms with Crippen molar-refractivity contribution in [1.82, 2.24) is 10.2 Å². The minimum absolute atomic E-state index is 0.778. The van der Waals surface area contributed by atoms with E-state index < -0.39 is 0 Å². The summed E-state index contributed by atoms with van der Waals surface area (Å²) in [7, 11) is 0. The average Bonchev–Trinajstić information content (AvgIpc) is 2.65. The molecule has 1 aromatic rings. The maximum absolute atomic E-state index is 5.31. The lowest BCUT2D eigenvalue weighted by atomic mass is 10.1. The number of unbranched alkanes of at least 4 members (excludes halogenated alkanes) is 4. The lowest BCUT2D eigenvalue weighted by Crippen LogP contribution is -1.87. The second-order valence-corrected chi connectivity index (χ2v) is 3.57. The minimum atomic E-state index is 0.778. The number of hydrogen-bond acceptors (Lipinski definition) is 1. The van der Waals surface area contributed by atoms with Gasteiger partial charge in [-0.3, -0.25) is 5.10 Å². The normalized spacial score (nSPS) is 10.0. The van der Waals surface area contributed by atoms with Gasteiger partial charge in [-0.15, -0.1) is 6.42 Å². The predicted molar refractivity (Wildman–Crippen MR) is 59.0 cm³/mol. The van der Waals surface area contributed by atoms with E-state index in [-0.39, 0.29) is 0 Å². The fourth-order valence-electron chi connectivity index (χ4n) is 1.55. The molecular weight excluding hydrogens is 172 g/mol. The summed E-state index contributed by atoms with van der Waals surface area (Å²) in [5.74, 6) is 2.59. The Bertz CT molecular complexity index is 294. The minimum Gasteiger partial charge on any atom is -0.284 e. The molecule has 0 aliphatic heterocycles. The van der Waals surface area contributed by atoms with Crippen LogP contribution in [0, 0.1) is 12.3 Å². The van der Waals surface area contributed by atoms with E-state index in [0.717, 1.165) is 12.1 Å². The van der Waals surface area contributed by atoms with Crippen LogP contribution in [0.3, 0.4) is 0 Å². The van der Waals surface area contributed by atoms with Gasteiger partial charge in [0.2, 0.25) is 0 Å². The monoisotopic (exact) mass is 190 g/mol. The van der Waals surface area contributed by atoms with E-state index in [1.54, 1.807) is 0 Å². The molecule has 1 aromatic heterocycles. The predicted octanol–water partition coefficient (Wildman–Crippen LogP) is 2.90. The summed E-state index contributed by atoms with van der Waals surface area (Å²) >= 11 is 0. The Morgan fingerprint density at radius 3 is 2.86 bits per heavy atom. The van der Waals surface area contributed by atoms with Gasteiger partial charge in [-0.1, -0.05) is 32.6 Å². The van der Waals surface area contributed by atoms with Crippen molar-refractivity contribution in [2.45, 2.75) is 45.4 Å². The van der Waals surface area contributed by atoms with Gasteiger partial charge in [0.05, 0.1) is 0 Å². The number of hydrogen-bond donors (Lipinski definition) is 1. The SMILES string of the molecule is C#Cc1n[nH]cc1CCCCCCC. The molecule has 0 fully saturated rings. The van der Waals surface area contributed by atoms with Crippen molar-refractivity contribution >= 4 is 0 Å². The Labute approximate surface area is 86.1 Å². The second kappa shape index (κ2) is 6.26. The van der Waals surface area contributed by atoms with Crippen LogP contribution in [0.25, 0.3) is 0 Å². The molecule has 0 unspecified atom stereocenters. The molecule has 1 N–H and O–H groups in total. The Balaban J connectivity index is 2.22. The van der Waals surface area contributed by atoms with Gasteiger partial charge in [-0.25, -0.2) is 0 Å². The smallest absolute Gasteiger partial charge is 0.137 e. The molecule has 0 aromatic carbocycles. The van der Waals surface area contributed by atoms with Crippen LogP contribution in [0.5, 0.6) is 0 Å². The van der Waals surface area contributed by atoms with Gasteiger partial charge in [0.25, 0.3) is 0 Å². The molecule has 2 heteroatoms. The molecule has 0 amide bonds. The molecule has 76 valence electrons. The van der Waals surface area contributed by atoms with Gasteiger partial charge in [0, 0.05) is 11.8 Å². The van der Waals surface area contributed by atoms with Gasteiger partial charge >= 0.3 is 0 Å². The molecular formula is C12H18N2. The lowest BCUT2D eigenvalue weighted by molar-refractivity contribution is 0.632. The zero-order valence-electron chi connectivity index (χ0n) is 8.84. The van der Waals surface area contributed by atoms with Gasteiger partial charge in [0.15, 0.2) is 0 Å². The Kier molecular flexibility index (Phi) is 4.85. The van der Waals surface area contributed by atoms with Crippen LogP contribution >= 0.6 is 0 Å². The van der Waals surface area contributed by atoms with E-state index >= 15 is 0 Å². The highest BCUT2D eigenvalue weighted by molar-refractivity contribution is 5.31. The summed E-state index contributed by atoms with van der Waals surface area (Å²) in [5.41, 5.74) is 1.96. The maximum Gasteiger partial charge on any atom is 0.137 e. The number of aryl methyl sites for hydroxylation is 1.